The number of hydrogen-bond acceptors (Lipinski definition) is 5. The maximum Gasteiger partial charge on any atom is 0.368 e. The average Bonchev–Trinajstić information content (AvgIpc) is 2.82. The van der Waals surface area contributed by atoms with Gasteiger partial charge in [-0.1, -0.05) is 43.6 Å². The summed E-state index contributed by atoms with van der Waals surface area (Å²) in [5.41, 5.74) is 6.36. The van der Waals surface area contributed by atoms with E-state index in [4.69, 9.17) is 25.4 Å². The summed E-state index contributed by atoms with van der Waals surface area (Å²) in [5.74, 6) is 1.23. The molecule has 0 unspecified atom stereocenters. The fourth-order valence-electron chi connectivity index (χ4n) is 4.47. The van der Waals surface area contributed by atoms with E-state index in [1.54, 1.807) is 6.07 Å². The monoisotopic (exact) mass is 640 g/mol. The molecule has 0 radical (unpaired) electrons. The van der Waals surface area contributed by atoms with Gasteiger partial charge in [0, 0.05) is 11.4 Å². The molecule has 3 aromatic rings. The molecule has 1 saturated heterocycles. The van der Waals surface area contributed by atoms with Gasteiger partial charge in [-0.3, -0.25) is 9.09 Å². The minimum absolute atomic E-state index is 0.157. The molecular formula is C28H31ClIO5P. The molecule has 0 bridgehead atoms. The third kappa shape index (κ3) is 6.46. The number of benzene rings is 3. The van der Waals surface area contributed by atoms with Crippen molar-refractivity contribution in [3.05, 3.63) is 90.5 Å². The standard InChI is InChI=1S/C28H31ClIO5P/c1-17(2)24-12-20(14-26(30)28(24)31)13-25-18(3)10-23(11-19(25)4)33-16-36(32)34-9-8-27(35-36)21-6-5-7-22(29)15-21/h5-7,10-12,14-15,17,27,31H,8-9,13,16H2,1-4H3/t27-,36+/m0/s1. The van der Waals surface area contributed by atoms with Gasteiger partial charge >= 0.3 is 7.60 Å². The fourth-order valence-corrected chi connectivity index (χ4v) is 6.88. The number of hydrogen-bond donors (Lipinski definition) is 1. The molecule has 2 atom stereocenters. The number of aromatic hydroxyl groups is 1. The van der Waals surface area contributed by atoms with E-state index in [0.29, 0.717) is 29.5 Å². The highest BCUT2D eigenvalue weighted by atomic mass is 127. The zero-order chi connectivity index (χ0) is 26.0. The molecule has 1 N–H and O–H groups in total. The van der Waals surface area contributed by atoms with Crippen LogP contribution in [0.4, 0.5) is 0 Å². The Bertz CT molecular complexity index is 1290. The lowest BCUT2D eigenvalue weighted by Gasteiger charge is -2.30. The van der Waals surface area contributed by atoms with Gasteiger partial charge in [0.05, 0.1) is 16.3 Å². The second-order valence-corrected chi connectivity index (χ2v) is 13.1. The minimum atomic E-state index is -3.43. The van der Waals surface area contributed by atoms with Gasteiger partial charge in [0.25, 0.3) is 0 Å². The van der Waals surface area contributed by atoms with Crippen LogP contribution in [0.5, 0.6) is 11.5 Å². The molecule has 0 aliphatic carbocycles. The normalized spacial score (nSPS) is 20.0. The Hall–Kier alpha value is -1.57. The van der Waals surface area contributed by atoms with Crippen LogP contribution >= 0.6 is 41.8 Å². The maximum atomic E-state index is 13.3. The molecule has 1 fully saturated rings. The highest BCUT2D eigenvalue weighted by Gasteiger charge is 2.35. The Morgan fingerprint density at radius 3 is 2.56 bits per heavy atom. The van der Waals surface area contributed by atoms with Gasteiger partial charge in [-0.05, 0) is 112 Å². The molecule has 0 saturated carbocycles. The Kier molecular flexibility index (Phi) is 8.73. The summed E-state index contributed by atoms with van der Waals surface area (Å²) in [6.07, 6.45) is 0.851. The fraction of sp³-hybridized carbons (Fsp3) is 0.357. The molecule has 5 nitrogen and oxygen atoms in total. The molecule has 0 spiro atoms. The lowest BCUT2D eigenvalue weighted by molar-refractivity contribution is 0.0725. The molecule has 0 amide bonds. The molecule has 8 heteroatoms. The zero-order valence-electron chi connectivity index (χ0n) is 20.9. The van der Waals surface area contributed by atoms with Gasteiger partial charge in [-0.15, -0.1) is 0 Å². The van der Waals surface area contributed by atoms with Crippen molar-refractivity contribution >= 4 is 41.8 Å². The first-order valence-electron chi connectivity index (χ1n) is 12.0. The second-order valence-electron chi connectivity index (χ2n) is 9.54. The molecule has 192 valence electrons. The van der Waals surface area contributed by atoms with Crippen molar-refractivity contribution in [3.63, 3.8) is 0 Å². The van der Waals surface area contributed by atoms with Crippen molar-refractivity contribution in [2.75, 3.05) is 13.0 Å². The Morgan fingerprint density at radius 2 is 1.89 bits per heavy atom. The van der Waals surface area contributed by atoms with E-state index in [2.05, 4.69) is 56.4 Å². The first-order valence-corrected chi connectivity index (χ1v) is 15.1. The molecule has 4 rings (SSSR count). The third-order valence-electron chi connectivity index (χ3n) is 6.39. The number of rotatable bonds is 7. The van der Waals surface area contributed by atoms with Gasteiger partial charge in [0.1, 0.15) is 11.5 Å². The van der Waals surface area contributed by atoms with Crippen LogP contribution in [0.2, 0.25) is 5.02 Å². The molecule has 1 heterocycles. The van der Waals surface area contributed by atoms with E-state index < -0.39 is 7.60 Å². The third-order valence-corrected chi connectivity index (χ3v) is 9.05. The van der Waals surface area contributed by atoms with Crippen molar-refractivity contribution < 1.29 is 23.5 Å². The summed E-state index contributed by atoms with van der Waals surface area (Å²) in [4.78, 5) is 0. The van der Waals surface area contributed by atoms with Crippen molar-refractivity contribution in [1.29, 1.82) is 0 Å². The minimum Gasteiger partial charge on any atom is -0.507 e. The van der Waals surface area contributed by atoms with Crippen LogP contribution in [0.3, 0.4) is 0 Å². The van der Waals surface area contributed by atoms with Crippen LogP contribution in [-0.2, 0) is 20.0 Å². The lowest BCUT2D eigenvalue weighted by atomic mass is 9.93. The van der Waals surface area contributed by atoms with Crippen molar-refractivity contribution in [1.82, 2.24) is 0 Å². The Balaban J connectivity index is 1.47. The van der Waals surface area contributed by atoms with Gasteiger partial charge in [-0.2, -0.15) is 0 Å². The largest absolute Gasteiger partial charge is 0.507 e. The highest BCUT2D eigenvalue weighted by Crippen LogP contribution is 2.56. The van der Waals surface area contributed by atoms with Gasteiger partial charge in [-0.25, -0.2) is 0 Å². The first-order chi connectivity index (χ1) is 17.0. The zero-order valence-corrected chi connectivity index (χ0v) is 24.7. The predicted octanol–water partition coefficient (Wildman–Crippen LogP) is 8.69. The Morgan fingerprint density at radius 1 is 1.17 bits per heavy atom. The quantitative estimate of drug-likeness (QED) is 0.207. The van der Waals surface area contributed by atoms with Crippen molar-refractivity contribution in [2.24, 2.45) is 0 Å². The molecule has 1 aliphatic rings. The summed E-state index contributed by atoms with van der Waals surface area (Å²) < 4.78 is 31.5. The summed E-state index contributed by atoms with van der Waals surface area (Å²) in [5, 5.41) is 11.0. The summed E-state index contributed by atoms with van der Waals surface area (Å²) in [6, 6.07) is 15.4. The van der Waals surface area contributed by atoms with E-state index in [-0.39, 0.29) is 18.4 Å². The van der Waals surface area contributed by atoms with Gasteiger partial charge in [0.2, 0.25) is 0 Å². The number of phenolic OH excluding ortho intramolecular Hbond substituents is 1. The Labute approximate surface area is 231 Å². The van der Waals surface area contributed by atoms with Crippen LogP contribution in [0, 0.1) is 17.4 Å². The molecule has 0 aromatic heterocycles. The molecule has 36 heavy (non-hydrogen) atoms. The van der Waals surface area contributed by atoms with Crippen molar-refractivity contribution in [2.45, 2.75) is 52.6 Å². The van der Waals surface area contributed by atoms with Crippen LogP contribution in [0.15, 0.2) is 48.5 Å². The highest BCUT2D eigenvalue weighted by molar-refractivity contribution is 14.1. The molecule has 1 aliphatic heterocycles. The van der Waals surface area contributed by atoms with Gasteiger partial charge < -0.3 is 14.4 Å². The summed E-state index contributed by atoms with van der Waals surface area (Å²) >= 11 is 8.30. The van der Waals surface area contributed by atoms with E-state index in [0.717, 1.165) is 37.8 Å². The van der Waals surface area contributed by atoms with E-state index in [1.807, 2.05) is 36.4 Å². The summed E-state index contributed by atoms with van der Waals surface area (Å²) in [6.45, 7) is 8.60. The van der Waals surface area contributed by atoms with E-state index >= 15 is 0 Å². The SMILES string of the molecule is Cc1cc(OC[P@@]2(=O)OCC[C@@H](c3cccc(Cl)c3)O2)cc(C)c1Cc1cc(I)c(O)c(C(C)C)c1. The maximum absolute atomic E-state index is 13.3. The smallest absolute Gasteiger partial charge is 0.368 e. The lowest BCUT2D eigenvalue weighted by Crippen LogP contribution is -2.17. The van der Waals surface area contributed by atoms with E-state index in [9.17, 15) is 9.67 Å². The van der Waals surface area contributed by atoms with Crippen LogP contribution in [0.1, 0.15) is 65.7 Å². The number of phenols is 1. The molecular weight excluding hydrogens is 610 g/mol. The second kappa shape index (κ2) is 11.4. The number of aryl methyl sites for hydroxylation is 2. The number of halogens is 2. The molecule has 3 aromatic carbocycles. The topological polar surface area (TPSA) is 65.0 Å². The number of ether oxygens (including phenoxy) is 1. The van der Waals surface area contributed by atoms with Crippen LogP contribution < -0.4 is 4.74 Å². The van der Waals surface area contributed by atoms with Crippen molar-refractivity contribution in [3.8, 4) is 11.5 Å². The van der Waals surface area contributed by atoms with Crippen LogP contribution in [-0.4, -0.2) is 18.1 Å². The van der Waals surface area contributed by atoms with Crippen LogP contribution in [0.25, 0.3) is 0 Å². The first kappa shape index (κ1) is 27.5. The van der Waals surface area contributed by atoms with E-state index in [1.165, 1.54) is 5.56 Å². The summed E-state index contributed by atoms with van der Waals surface area (Å²) in [7, 11) is -3.43. The van der Waals surface area contributed by atoms with Gasteiger partial charge in [0.15, 0.2) is 6.35 Å². The predicted molar refractivity (Wildman–Crippen MR) is 153 cm³/mol. The average molecular weight is 641 g/mol.